The van der Waals surface area contributed by atoms with Gasteiger partial charge in [0.05, 0.1) is 12.8 Å². The van der Waals surface area contributed by atoms with Crippen LogP contribution in [0, 0.1) is 0 Å². The number of ether oxygens (including phenoxy) is 1. The first kappa shape index (κ1) is 11.0. The lowest BCUT2D eigenvalue weighted by Crippen LogP contribution is -2.02. The predicted molar refractivity (Wildman–Crippen MR) is 62.0 cm³/mol. The summed E-state index contributed by atoms with van der Waals surface area (Å²) in [4.78, 5) is 16.4. The van der Waals surface area contributed by atoms with Crippen molar-refractivity contribution in [2.24, 2.45) is 5.16 Å². The molecule has 0 atom stereocenters. The van der Waals surface area contributed by atoms with E-state index in [2.05, 4.69) is 9.99 Å². The molecule has 84 valence electrons. The summed E-state index contributed by atoms with van der Waals surface area (Å²) in [5, 5.41) is 3.83. The van der Waals surface area contributed by atoms with E-state index in [1.54, 1.807) is 18.9 Å². The number of carbonyl (C=O) groups is 1. The summed E-state index contributed by atoms with van der Waals surface area (Å²) in [6, 6.07) is 5.75. The minimum Gasteiger partial charge on any atom is -0.497 e. The zero-order chi connectivity index (χ0) is 11.5. The zero-order valence-corrected chi connectivity index (χ0v) is 9.84. The number of thioether (sulfide) groups is 1. The molecular weight excluding hydrogens is 226 g/mol. The number of hydrogen-bond donors (Lipinski definition) is 0. The van der Waals surface area contributed by atoms with Crippen molar-refractivity contribution in [3.8, 4) is 5.75 Å². The van der Waals surface area contributed by atoms with Crippen molar-refractivity contribution in [1.29, 1.82) is 0 Å². The second-order valence-corrected chi connectivity index (χ2v) is 4.29. The van der Waals surface area contributed by atoms with E-state index in [4.69, 9.17) is 4.74 Å². The van der Waals surface area contributed by atoms with Gasteiger partial charge in [0.15, 0.2) is 0 Å². The van der Waals surface area contributed by atoms with Gasteiger partial charge in [0.25, 0.3) is 0 Å². The number of nitrogens with zero attached hydrogens (tertiary/aromatic N) is 1. The lowest BCUT2D eigenvalue weighted by atomic mass is 10.1. The fraction of sp³-hybridized carbons (Fsp3) is 0.273. The third-order valence-electron chi connectivity index (χ3n) is 2.15. The number of rotatable bonds is 2. The van der Waals surface area contributed by atoms with E-state index in [-0.39, 0.29) is 0 Å². The second kappa shape index (κ2) is 4.57. The molecule has 0 N–H and O–H groups in total. The van der Waals surface area contributed by atoms with Gasteiger partial charge in [-0.05, 0) is 18.2 Å². The van der Waals surface area contributed by atoms with E-state index in [0.717, 1.165) is 27.7 Å². The summed E-state index contributed by atoms with van der Waals surface area (Å²) in [5.74, 6) is 1.13. The van der Waals surface area contributed by atoms with Crippen molar-refractivity contribution in [2.45, 2.75) is 11.8 Å². The van der Waals surface area contributed by atoms with Crippen LogP contribution in [0.15, 0.2) is 28.3 Å². The zero-order valence-electron chi connectivity index (χ0n) is 9.02. The van der Waals surface area contributed by atoms with Gasteiger partial charge in [-0.15, -0.1) is 11.8 Å². The summed E-state index contributed by atoms with van der Waals surface area (Å²) >= 11 is 1.66. The number of benzene rings is 1. The smallest absolute Gasteiger partial charge is 0.331 e. The van der Waals surface area contributed by atoms with Crippen LogP contribution in [0.5, 0.6) is 5.75 Å². The predicted octanol–water partition coefficient (Wildman–Crippen LogP) is 2.07. The van der Waals surface area contributed by atoms with E-state index in [1.807, 2.05) is 18.2 Å². The second-order valence-electron chi connectivity index (χ2n) is 3.27. The van der Waals surface area contributed by atoms with Crippen LogP contribution in [0.1, 0.15) is 12.5 Å². The third kappa shape index (κ3) is 2.19. The monoisotopic (exact) mass is 237 g/mol. The topological polar surface area (TPSA) is 47.9 Å². The van der Waals surface area contributed by atoms with Gasteiger partial charge in [0, 0.05) is 23.1 Å². The van der Waals surface area contributed by atoms with E-state index in [9.17, 15) is 4.79 Å². The van der Waals surface area contributed by atoms with E-state index < -0.39 is 5.97 Å². The number of oxime groups is 1. The molecule has 0 bridgehead atoms. The van der Waals surface area contributed by atoms with Crippen LogP contribution in [0.4, 0.5) is 0 Å². The molecule has 0 aromatic heterocycles. The molecule has 16 heavy (non-hydrogen) atoms. The maximum absolute atomic E-state index is 10.7. The van der Waals surface area contributed by atoms with Crippen LogP contribution < -0.4 is 4.74 Å². The standard InChI is InChI=1S/C11H11NO3S/c1-7(13)15-12-10-6-16-11-5-8(14-2)3-4-9(10)11/h3-5H,6H2,1-2H3/b12-10+. The van der Waals surface area contributed by atoms with Crippen molar-refractivity contribution in [3.05, 3.63) is 23.8 Å². The first-order chi connectivity index (χ1) is 7.70. The minimum atomic E-state index is -0.403. The van der Waals surface area contributed by atoms with Crippen molar-refractivity contribution in [1.82, 2.24) is 0 Å². The highest BCUT2D eigenvalue weighted by atomic mass is 32.2. The maximum Gasteiger partial charge on any atom is 0.331 e. The van der Waals surface area contributed by atoms with E-state index >= 15 is 0 Å². The molecule has 0 fully saturated rings. The van der Waals surface area contributed by atoms with Crippen molar-refractivity contribution >= 4 is 23.4 Å². The normalized spacial score (nSPS) is 16.0. The number of carbonyl (C=O) groups excluding carboxylic acids is 1. The highest BCUT2D eigenvalue weighted by molar-refractivity contribution is 8.00. The average molecular weight is 237 g/mol. The Labute approximate surface area is 97.6 Å². The average Bonchev–Trinajstić information content (AvgIpc) is 2.68. The third-order valence-corrected chi connectivity index (χ3v) is 3.22. The van der Waals surface area contributed by atoms with Crippen LogP contribution in [-0.2, 0) is 9.63 Å². The molecule has 0 unspecified atom stereocenters. The highest BCUT2D eigenvalue weighted by Crippen LogP contribution is 2.34. The van der Waals surface area contributed by atoms with Gasteiger partial charge in [-0.2, -0.15) is 0 Å². The molecule has 0 aliphatic carbocycles. The summed E-state index contributed by atoms with van der Waals surface area (Å²) in [6.45, 7) is 1.33. The first-order valence-electron chi connectivity index (χ1n) is 4.76. The Morgan fingerprint density at radius 2 is 2.31 bits per heavy atom. The van der Waals surface area contributed by atoms with Gasteiger partial charge in [0.1, 0.15) is 5.75 Å². The molecule has 1 heterocycles. The molecule has 1 aromatic rings. The maximum atomic E-state index is 10.7. The van der Waals surface area contributed by atoms with Crippen LogP contribution >= 0.6 is 11.8 Å². The number of hydrogen-bond acceptors (Lipinski definition) is 5. The Kier molecular flexibility index (Phi) is 3.14. The fourth-order valence-electron chi connectivity index (χ4n) is 1.41. The molecule has 0 radical (unpaired) electrons. The van der Waals surface area contributed by atoms with Crippen LogP contribution in [-0.4, -0.2) is 24.5 Å². The summed E-state index contributed by atoms with van der Waals surface area (Å²) < 4.78 is 5.13. The summed E-state index contributed by atoms with van der Waals surface area (Å²) in [7, 11) is 1.63. The quantitative estimate of drug-likeness (QED) is 0.583. The van der Waals surface area contributed by atoms with E-state index in [0.29, 0.717) is 0 Å². The molecular formula is C11H11NO3S. The summed E-state index contributed by atoms with van der Waals surface area (Å²) in [6.07, 6.45) is 0. The Balaban J connectivity index is 2.26. The van der Waals surface area contributed by atoms with E-state index in [1.165, 1.54) is 6.92 Å². The van der Waals surface area contributed by atoms with Gasteiger partial charge in [-0.3, -0.25) is 0 Å². The molecule has 2 rings (SSSR count). The minimum absolute atomic E-state index is 0.403. The van der Waals surface area contributed by atoms with Crippen LogP contribution in [0.25, 0.3) is 0 Å². The van der Waals surface area contributed by atoms with Crippen molar-refractivity contribution < 1.29 is 14.4 Å². The first-order valence-corrected chi connectivity index (χ1v) is 5.75. The number of fused-ring (bicyclic) bond motifs is 1. The van der Waals surface area contributed by atoms with Gasteiger partial charge in [-0.1, -0.05) is 5.16 Å². The largest absolute Gasteiger partial charge is 0.497 e. The molecule has 1 aliphatic rings. The fourth-order valence-corrected chi connectivity index (χ4v) is 2.45. The molecule has 1 aromatic carbocycles. The van der Waals surface area contributed by atoms with Gasteiger partial charge < -0.3 is 9.57 Å². The SMILES string of the molecule is COc1ccc2c(c1)SC/C2=N\OC(C)=O. The molecule has 1 aliphatic heterocycles. The van der Waals surface area contributed by atoms with Crippen molar-refractivity contribution in [3.63, 3.8) is 0 Å². The Morgan fingerprint density at radius 3 is 3.00 bits per heavy atom. The Morgan fingerprint density at radius 1 is 1.50 bits per heavy atom. The molecule has 0 saturated heterocycles. The molecule has 0 spiro atoms. The molecule has 5 heteroatoms. The van der Waals surface area contributed by atoms with Gasteiger partial charge in [0.2, 0.25) is 0 Å². The molecule has 0 amide bonds. The number of methoxy groups -OCH3 is 1. The highest BCUT2D eigenvalue weighted by Gasteiger charge is 2.19. The van der Waals surface area contributed by atoms with Crippen LogP contribution in [0.2, 0.25) is 0 Å². The van der Waals surface area contributed by atoms with Gasteiger partial charge in [-0.25, -0.2) is 4.79 Å². The lowest BCUT2D eigenvalue weighted by molar-refractivity contribution is -0.140. The molecule has 0 saturated carbocycles. The Hall–Kier alpha value is -1.49. The summed E-state index contributed by atoms with van der Waals surface area (Å²) in [5.41, 5.74) is 1.80. The van der Waals surface area contributed by atoms with Crippen LogP contribution in [0.3, 0.4) is 0 Å². The molecule has 4 nitrogen and oxygen atoms in total. The lowest BCUT2D eigenvalue weighted by Gasteiger charge is -2.02. The van der Waals surface area contributed by atoms with Gasteiger partial charge >= 0.3 is 5.97 Å². The Bertz CT molecular complexity index is 457. The van der Waals surface area contributed by atoms with Crippen molar-refractivity contribution in [2.75, 3.05) is 12.9 Å².